The van der Waals surface area contributed by atoms with Gasteiger partial charge in [-0.2, -0.15) is 0 Å². The largest absolute Gasteiger partial charge is 0.481 e. The lowest BCUT2D eigenvalue weighted by molar-refractivity contribution is -0.223. The fraction of sp³-hybridized carbons (Fsp3) is 0.824. The Balaban J connectivity index is 1.60. The van der Waals surface area contributed by atoms with Crippen molar-refractivity contribution in [3.05, 3.63) is 11.6 Å². The maximum Gasteiger partial charge on any atom is 0.310 e. The number of allylic oxidation sites excluding steroid dienone is 2. The molecule has 7 nitrogen and oxygen atoms in total. The SMILES string of the molecule is CC(=O)OC[C@@]1(C)[C@H]2CC[C@]3(C)[C@H](C(=O)C=C4[C@H]5CC(C)(C)CC[C@]5(C(=O)O)CC[C@@]43C)[C@]2(C)CC[C@@H]1OC(C)=O. The summed E-state index contributed by atoms with van der Waals surface area (Å²) in [7, 11) is 0. The lowest BCUT2D eigenvalue weighted by atomic mass is 9.33. The molecule has 0 radical (unpaired) electrons. The molecule has 0 amide bonds. The van der Waals surface area contributed by atoms with Crippen molar-refractivity contribution in [3.8, 4) is 0 Å². The number of rotatable bonds is 4. The lowest BCUT2D eigenvalue weighted by Gasteiger charge is -2.70. The van der Waals surface area contributed by atoms with Crippen LogP contribution in [0.25, 0.3) is 0 Å². The van der Waals surface area contributed by atoms with Crippen LogP contribution in [-0.2, 0) is 28.7 Å². The molecule has 0 aromatic heterocycles. The van der Waals surface area contributed by atoms with Gasteiger partial charge in [-0.15, -0.1) is 0 Å². The highest BCUT2D eigenvalue weighted by Gasteiger charge is 2.72. The van der Waals surface area contributed by atoms with Crippen LogP contribution in [0.3, 0.4) is 0 Å². The minimum absolute atomic E-state index is 0.0170. The predicted octanol–water partition coefficient (Wildman–Crippen LogP) is 6.53. The van der Waals surface area contributed by atoms with Gasteiger partial charge in [0.2, 0.25) is 0 Å². The zero-order valence-electron chi connectivity index (χ0n) is 26.4. The highest BCUT2D eigenvalue weighted by Crippen LogP contribution is 2.75. The Bertz CT molecular complexity index is 1200. The first-order valence-electron chi connectivity index (χ1n) is 15.7. The number of aliphatic carboxylic acids is 1. The van der Waals surface area contributed by atoms with E-state index < -0.39 is 22.9 Å². The van der Waals surface area contributed by atoms with Gasteiger partial charge in [-0.05, 0) is 97.4 Å². The predicted molar refractivity (Wildman–Crippen MR) is 154 cm³/mol. The summed E-state index contributed by atoms with van der Waals surface area (Å²) >= 11 is 0. The number of fused-ring (bicyclic) bond motifs is 7. The third-order valence-electron chi connectivity index (χ3n) is 13.4. The average Bonchev–Trinajstić information content (AvgIpc) is 2.85. The van der Waals surface area contributed by atoms with Gasteiger partial charge < -0.3 is 14.6 Å². The lowest BCUT2D eigenvalue weighted by Crippen LogP contribution is -2.68. The topological polar surface area (TPSA) is 107 Å². The van der Waals surface area contributed by atoms with Gasteiger partial charge in [0.05, 0.1) is 5.41 Å². The first-order chi connectivity index (χ1) is 18.9. The van der Waals surface area contributed by atoms with Crippen LogP contribution in [-0.4, -0.2) is 41.5 Å². The number of hydrogen-bond acceptors (Lipinski definition) is 6. The first kappa shape index (κ1) is 30.3. The number of carboxylic acid groups (broad SMARTS) is 1. The number of carboxylic acids is 1. The van der Waals surface area contributed by atoms with E-state index in [2.05, 4.69) is 41.5 Å². The van der Waals surface area contributed by atoms with E-state index >= 15 is 0 Å². The second-order valence-corrected chi connectivity index (χ2v) is 16.1. The normalized spacial score (nSPS) is 46.5. The summed E-state index contributed by atoms with van der Waals surface area (Å²) in [5.41, 5.74) is -1.29. The highest BCUT2D eigenvalue weighted by molar-refractivity contribution is 5.96. The molecule has 5 aliphatic carbocycles. The van der Waals surface area contributed by atoms with E-state index in [1.54, 1.807) is 0 Å². The molecule has 4 saturated carbocycles. The molecular formula is C34H50O7. The molecule has 0 aromatic rings. The van der Waals surface area contributed by atoms with Gasteiger partial charge in [-0.25, -0.2) is 0 Å². The van der Waals surface area contributed by atoms with Crippen molar-refractivity contribution < 1.29 is 33.8 Å². The van der Waals surface area contributed by atoms with E-state index in [1.165, 1.54) is 13.8 Å². The third kappa shape index (κ3) is 4.17. The molecule has 0 aliphatic heterocycles. The molecule has 1 N–H and O–H groups in total. The van der Waals surface area contributed by atoms with Crippen molar-refractivity contribution >= 4 is 23.7 Å². The Labute approximate surface area is 245 Å². The van der Waals surface area contributed by atoms with Crippen LogP contribution < -0.4 is 0 Å². The Hall–Kier alpha value is -2.18. The van der Waals surface area contributed by atoms with Crippen molar-refractivity contribution in [3.63, 3.8) is 0 Å². The van der Waals surface area contributed by atoms with E-state index in [4.69, 9.17) is 9.47 Å². The fourth-order valence-corrected chi connectivity index (χ4v) is 11.1. The summed E-state index contributed by atoms with van der Waals surface area (Å²) < 4.78 is 11.5. The van der Waals surface area contributed by atoms with Gasteiger partial charge in [0.1, 0.15) is 12.7 Å². The molecule has 9 atom stereocenters. The second kappa shape index (κ2) is 9.41. The number of ketones is 1. The van der Waals surface area contributed by atoms with Crippen LogP contribution in [0.5, 0.6) is 0 Å². The zero-order chi connectivity index (χ0) is 30.4. The van der Waals surface area contributed by atoms with E-state index in [-0.39, 0.29) is 63.7 Å². The van der Waals surface area contributed by atoms with Gasteiger partial charge >= 0.3 is 17.9 Å². The monoisotopic (exact) mass is 570 g/mol. The average molecular weight is 571 g/mol. The molecule has 7 heteroatoms. The van der Waals surface area contributed by atoms with E-state index in [0.29, 0.717) is 19.3 Å². The molecule has 41 heavy (non-hydrogen) atoms. The van der Waals surface area contributed by atoms with Crippen LogP contribution in [0.15, 0.2) is 11.6 Å². The molecular weight excluding hydrogens is 520 g/mol. The first-order valence-corrected chi connectivity index (χ1v) is 15.7. The summed E-state index contributed by atoms with van der Waals surface area (Å²) in [6.45, 7) is 16.4. The molecule has 0 spiro atoms. The van der Waals surface area contributed by atoms with Crippen LogP contribution >= 0.6 is 0 Å². The van der Waals surface area contributed by atoms with Gasteiger partial charge in [-0.3, -0.25) is 19.2 Å². The number of ether oxygens (including phenoxy) is 2. The minimum Gasteiger partial charge on any atom is -0.481 e. The van der Waals surface area contributed by atoms with E-state index in [0.717, 1.165) is 44.1 Å². The van der Waals surface area contributed by atoms with Gasteiger partial charge in [0.25, 0.3) is 0 Å². The highest BCUT2D eigenvalue weighted by atomic mass is 16.6. The van der Waals surface area contributed by atoms with Crippen LogP contribution in [0.2, 0.25) is 0 Å². The van der Waals surface area contributed by atoms with Gasteiger partial charge in [0.15, 0.2) is 5.78 Å². The Morgan fingerprint density at radius 1 is 0.902 bits per heavy atom. The van der Waals surface area contributed by atoms with Crippen molar-refractivity contribution in [2.75, 3.05) is 6.61 Å². The maximum atomic E-state index is 14.5. The second-order valence-electron chi connectivity index (χ2n) is 16.1. The molecule has 0 heterocycles. The number of hydrogen-bond donors (Lipinski definition) is 1. The molecule has 4 fully saturated rings. The van der Waals surface area contributed by atoms with E-state index in [1.807, 2.05) is 6.08 Å². The van der Waals surface area contributed by atoms with Crippen molar-refractivity contribution in [2.45, 2.75) is 119 Å². The zero-order valence-corrected chi connectivity index (χ0v) is 26.4. The summed E-state index contributed by atoms with van der Waals surface area (Å²) in [4.78, 5) is 51.5. The van der Waals surface area contributed by atoms with Crippen LogP contribution in [0, 0.1) is 50.2 Å². The smallest absolute Gasteiger partial charge is 0.310 e. The summed E-state index contributed by atoms with van der Waals surface area (Å²) in [5, 5.41) is 10.6. The van der Waals surface area contributed by atoms with Crippen molar-refractivity contribution in [1.82, 2.24) is 0 Å². The number of carbonyl (C=O) groups excluding carboxylic acids is 3. The number of esters is 2. The van der Waals surface area contributed by atoms with Gasteiger partial charge in [-0.1, -0.05) is 47.1 Å². The number of carbonyl (C=O) groups is 4. The summed E-state index contributed by atoms with van der Waals surface area (Å²) in [6, 6.07) is 0. The minimum atomic E-state index is -0.796. The summed E-state index contributed by atoms with van der Waals surface area (Å²) in [6.07, 6.45) is 8.25. The standard InChI is InChI=1S/C34H50O7/c1-20(35)40-19-31(6)25-9-12-33(8)27(30(25,5)11-10-26(31)41-21(2)36)24(37)17-22-23-18-29(3,4)13-15-34(23,28(38)39)16-14-32(22,33)7/h17,23,25-27H,9-16,18-19H2,1-8H3,(H,38,39)/t23-,25+,26+,27-,30-,31+,32+,33-,34+/m1/s1. The summed E-state index contributed by atoms with van der Waals surface area (Å²) in [5.74, 6) is -1.66. The quantitative estimate of drug-likeness (QED) is 0.383. The Morgan fingerprint density at radius 3 is 2.17 bits per heavy atom. The molecule has 0 aromatic carbocycles. The Kier molecular flexibility index (Phi) is 6.95. The maximum absolute atomic E-state index is 14.5. The van der Waals surface area contributed by atoms with Crippen molar-refractivity contribution in [1.29, 1.82) is 0 Å². The molecule has 5 aliphatic rings. The molecule has 5 rings (SSSR count). The molecule has 0 saturated heterocycles. The van der Waals surface area contributed by atoms with Gasteiger partial charge in [0, 0.05) is 25.2 Å². The van der Waals surface area contributed by atoms with Crippen LogP contribution in [0.1, 0.15) is 113 Å². The fourth-order valence-electron chi connectivity index (χ4n) is 11.1. The molecule has 228 valence electrons. The van der Waals surface area contributed by atoms with E-state index in [9.17, 15) is 24.3 Å². The third-order valence-corrected chi connectivity index (χ3v) is 13.4. The Morgan fingerprint density at radius 2 is 1.56 bits per heavy atom. The van der Waals surface area contributed by atoms with Crippen molar-refractivity contribution in [2.24, 2.45) is 50.2 Å². The molecule has 0 unspecified atom stereocenters. The van der Waals surface area contributed by atoms with Crippen LogP contribution in [0.4, 0.5) is 0 Å². The molecule has 0 bridgehead atoms.